The van der Waals surface area contributed by atoms with Gasteiger partial charge < -0.3 is 9.47 Å². The van der Waals surface area contributed by atoms with Gasteiger partial charge in [0.05, 0.1) is 37.5 Å². The molecule has 0 amide bonds. The van der Waals surface area contributed by atoms with Crippen molar-refractivity contribution in [2.24, 2.45) is 0 Å². The van der Waals surface area contributed by atoms with Gasteiger partial charge in [-0.15, -0.1) is 0 Å². The van der Waals surface area contributed by atoms with E-state index in [0.717, 1.165) is 11.1 Å². The number of rotatable bonds is 4. The molecule has 2 aromatic rings. The first-order valence-electron chi connectivity index (χ1n) is 6.56. The van der Waals surface area contributed by atoms with Crippen molar-refractivity contribution in [3.05, 3.63) is 59.2 Å². The number of hydrogen-bond acceptors (Lipinski definition) is 4. The van der Waals surface area contributed by atoms with Gasteiger partial charge in [0.1, 0.15) is 11.5 Å². The number of benzene rings is 2. The summed E-state index contributed by atoms with van der Waals surface area (Å²) >= 11 is 0. The lowest BCUT2D eigenvalue weighted by Crippen LogP contribution is -1.90. The summed E-state index contributed by atoms with van der Waals surface area (Å²) in [5.74, 6) is 1.31. The van der Waals surface area contributed by atoms with Gasteiger partial charge in [0.2, 0.25) is 0 Å². The van der Waals surface area contributed by atoms with Crippen LogP contribution >= 0.6 is 0 Å². The Labute approximate surface area is 129 Å². The molecule has 0 fully saturated rings. The fraction of sp³-hybridized carbons (Fsp3) is 0.111. The van der Waals surface area contributed by atoms with E-state index in [-0.39, 0.29) is 0 Å². The highest BCUT2D eigenvalue weighted by Crippen LogP contribution is 2.28. The maximum atomic E-state index is 9.38. The number of methoxy groups -OCH3 is 2. The van der Waals surface area contributed by atoms with Gasteiger partial charge in [0, 0.05) is 11.6 Å². The van der Waals surface area contributed by atoms with Crippen LogP contribution in [0.5, 0.6) is 11.5 Å². The Balaban J connectivity index is 2.44. The molecule has 2 rings (SSSR count). The van der Waals surface area contributed by atoms with E-state index in [4.69, 9.17) is 14.7 Å². The quantitative estimate of drug-likeness (QED) is 0.637. The summed E-state index contributed by atoms with van der Waals surface area (Å²) in [7, 11) is 3.15. The molecule has 0 heterocycles. The Morgan fingerprint density at radius 2 is 1.73 bits per heavy atom. The van der Waals surface area contributed by atoms with E-state index in [0.29, 0.717) is 22.6 Å². The molecule has 108 valence electrons. The lowest BCUT2D eigenvalue weighted by Gasteiger charge is -2.08. The van der Waals surface area contributed by atoms with E-state index in [1.54, 1.807) is 50.6 Å². The average Bonchev–Trinajstić information content (AvgIpc) is 2.59. The van der Waals surface area contributed by atoms with Crippen LogP contribution in [0.15, 0.2) is 42.5 Å². The number of allylic oxidation sites excluding steroid dienone is 1. The van der Waals surface area contributed by atoms with E-state index in [2.05, 4.69) is 12.1 Å². The summed E-state index contributed by atoms with van der Waals surface area (Å²) in [5, 5.41) is 18.2. The van der Waals surface area contributed by atoms with Crippen LogP contribution in [0.1, 0.15) is 16.7 Å². The summed E-state index contributed by atoms with van der Waals surface area (Å²) < 4.78 is 10.5. The number of nitriles is 2. The third-order valence-electron chi connectivity index (χ3n) is 3.19. The van der Waals surface area contributed by atoms with Gasteiger partial charge in [-0.2, -0.15) is 10.5 Å². The maximum absolute atomic E-state index is 9.38. The Hall–Kier alpha value is -3.24. The van der Waals surface area contributed by atoms with Crippen LogP contribution in [0.3, 0.4) is 0 Å². The molecule has 0 saturated carbocycles. The minimum Gasteiger partial charge on any atom is -0.497 e. The third kappa shape index (κ3) is 3.26. The van der Waals surface area contributed by atoms with Crippen LogP contribution in [-0.4, -0.2) is 14.2 Å². The minimum atomic E-state index is 0.493. The van der Waals surface area contributed by atoms with Crippen LogP contribution in [0, 0.1) is 22.7 Å². The zero-order valence-electron chi connectivity index (χ0n) is 12.3. The zero-order valence-corrected chi connectivity index (χ0v) is 12.3. The molecule has 0 aromatic heterocycles. The second-order valence-corrected chi connectivity index (χ2v) is 4.47. The van der Waals surface area contributed by atoms with Gasteiger partial charge >= 0.3 is 0 Å². The molecule has 22 heavy (non-hydrogen) atoms. The first-order valence-corrected chi connectivity index (χ1v) is 6.56. The lowest BCUT2D eigenvalue weighted by atomic mass is 10.0. The molecule has 0 bridgehead atoms. The van der Waals surface area contributed by atoms with Crippen LogP contribution in [0.2, 0.25) is 0 Å². The van der Waals surface area contributed by atoms with Crippen LogP contribution < -0.4 is 9.47 Å². The summed E-state index contributed by atoms with van der Waals surface area (Å²) in [6, 6.07) is 16.5. The molecular formula is C18H14N2O2. The van der Waals surface area contributed by atoms with Gasteiger partial charge in [-0.05, 0) is 35.9 Å². The molecule has 0 saturated heterocycles. The molecular weight excluding hydrogens is 276 g/mol. The molecule has 2 aromatic carbocycles. The van der Waals surface area contributed by atoms with Crippen molar-refractivity contribution in [3.63, 3.8) is 0 Å². The summed E-state index contributed by atoms with van der Waals surface area (Å²) in [5.41, 5.74) is 2.58. The first-order chi connectivity index (χ1) is 10.7. The van der Waals surface area contributed by atoms with Crippen molar-refractivity contribution >= 4 is 11.6 Å². The van der Waals surface area contributed by atoms with Crippen LogP contribution in [0.25, 0.3) is 11.6 Å². The maximum Gasteiger partial charge on any atom is 0.129 e. The monoisotopic (exact) mass is 290 g/mol. The van der Waals surface area contributed by atoms with Crippen molar-refractivity contribution in [1.82, 2.24) is 0 Å². The molecule has 0 N–H and O–H groups in total. The topological polar surface area (TPSA) is 66.0 Å². The van der Waals surface area contributed by atoms with Crippen LogP contribution in [-0.2, 0) is 0 Å². The van der Waals surface area contributed by atoms with E-state index < -0.39 is 0 Å². The zero-order chi connectivity index (χ0) is 15.9. The van der Waals surface area contributed by atoms with Crippen molar-refractivity contribution in [2.45, 2.75) is 0 Å². The fourth-order valence-corrected chi connectivity index (χ4v) is 2.00. The van der Waals surface area contributed by atoms with Crippen molar-refractivity contribution in [2.75, 3.05) is 14.2 Å². The average molecular weight is 290 g/mol. The SMILES string of the molecule is COc1ccc(/C=C(/C#N)c2ccc(C#N)cc2)c(OC)c1. The van der Waals surface area contributed by atoms with Crippen LogP contribution in [0.4, 0.5) is 0 Å². The van der Waals surface area contributed by atoms with Gasteiger partial charge in [-0.25, -0.2) is 0 Å². The minimum absolute atomic E-state index is 0.493. The Kier molecular flexibility index (Phi) is 4.80. The van der Waals surface area contributed by atoms with Gasteiger partial charge in [0.15, 0.2) is 0 Å². The molecule has 0 radical (unpaired) electrons. The van der Waals surface area contributed by atoms with Gasteiger partial charge in [0.25, 0.3) is 0 Å². The summed E-state index contributed by atoms with van der Waals surface area (Å²) in [4.78, 5) is 0. The molecule has 0 aliphatic carbocycles. The Morgan fingerprint density at radius 1 is 1.00 bits per heavy atom. The standard InChI is InChI=1S/C18H14N2O2/c1-21-17-8-7-15(18(10-17)22-2)9-16(12-20)14-5-3-13(11-19)4-6-14/h3-10H,1-2H3/b16-9-. The Bertz CT molecular complexity index is 778. The van der Waals surface area contributed by atoms with Crippen molar-refractivity contribution < 1.29 is 9.47 Å². The second-order valence-electron chi connectivity index (χ2n) is 4.47. The lowest BCUT2D eigenvalue weighted by molar-refractivity contribution is 0.394. The number of nitrogens with zero attached hydrogens (tertiary/aromatic N) is 2. The highest BCUT2D eigenvalue weighted by atomic mass is 16.5. The van der Waals surface area contributed by atoms with E-state index in [9.17, 15) is 5.26 Å². The molecule has 0 atom stereocenters. The Morgan fingerprint density at radius 3 is 2.27 bits per heavy atom. The fourth-order valence-electron chi connectivity index (χ4n) is 2.00. The predicted molar refractivity (Wildman–Crippen MR) is 84.2 cm³/mol. The highest BCUT2D eigenvalue weighted by Gasteiger charge is 2.06. The molecule has 0 aliphatic heterocycles. The first kappa shape index (κ1) is 15.2. The van der Waals surface area contributed by atoms with E-state index >= 15 is 0 Å². The molecule has 0 unspecified atom stereocenters. The third-order valence-corrected chi connectivity index (χ3v) is 3.19. The smallest absolute Gasteiger partial charge is 0.129 e. The highest BCUT2D eigenvalue weighted by molar-refractivity contribution is 5.90. The predicted octanol–water partition coefficient (Wildman–Crippen LogP) is 3.64. The summed E-state index contributed by atoms with van der Waals surface area (Å²) in [6.07, 6.45) is 1.75. The largest absolute Gasteiger partial charge is 0.497 e. The molecule has 0 aliphatic rings. The molecule has 4 heteroatoms. The van der Waals surface area contributed by atoms with Crippen molar-refractivity contribution in [3.8, 4) is 23.6 Å². The van der Waals surface area contributed by atoms with Gasteiger partial charge in [-0.3, -0.25) is 0 Å². The second kappa shape index (κ2) is 6.97. The van der Waals surface area contributed by atoms with E-state index in [1.165, 1.54) is 0 Å². The number of ether oxygens (including phenoxy) is 2. The molecule has 4 nitrogen and oxygen atoms in total. The van der Waals surface area contributed by atoms with E-state index in [1.807, 2.05) is 12.1 Å². The summed E-state index contributed by atoms with van der Waals surface area (Å²) in [6.45, 7) is 0. The number of hydrogen-bond donors (Lipinski definition) is 0. The normalized spacial score (nSPS) is 10.5. The van der Waals surface area contributed by atoms with Gasteiger partial charge in [-0.1, -0.05) is 12.1 Å². The van der Waals surface area contributed by atoms with Crippen molar-refractivity contribution in [1.29, 1.82) is 10.5 Å². The molecule has 0 spiro atoms.